The summed E-state index contributed by atoms with van der Waals surface area (Å²) < 4.78 is 76.8. The molecule has 5 rings (SSSR count). The average Bonchev–Trinajstić information content (AvgIpc) is 3.07. The molecule has 8 nitrogen and oxygen atoms in total. The van der Waals surface area contributed by atoms with Gasteiger partial charge in [0.25, 0.3) is 0 Å². The molecule has 0 radical (unpaired) electrons. The van der Waals surface area contributed by atoms with Crippen LogP contribution in [0, 0.1) is 0 Å². The number of nitrogens with zero attached hydrogens (tertiary/aromatic N) is 2. The maximum absolute atomic E-state index is 12.5. The van der Waals surface area contributed by atoms with E-state index in [1.807, 2.05) is 72.8 Å². The van der Waals surface area contributed by atoms with Gasteiger partial charge in [0.2, 0.25) is 11.4 Å². The summed E-state index contributed by atoms with van der Waals surface area (Å²) in [5.74, 6) is 0.241. The molecule has 47 heavy (non-hydrogen) atoms. The van der Waals surface area contributed by atoms with Crippen LogP contribution in [0.2, 0.25) is 0 Å². The van der Waals surface area contributed by atoms with Gasteiger partial charge in [0.15, 0.2) is 18.9 Å². The summed E-state index contributed by atoms with van der Waals surface area (Å²) in [5, 5.41) is 0. The second-order valence-corrected chi connectivity index (χ2v) is 14.0. The lowest BCUT2D eigenvalue weighted by Crippen LogP contribution is -2.24. The van der Waals surface area contributed by atoms with Crippen molar-refractivity contribution in [2.75, 3.05) is 6.54 Å². The first-order valence-electron chi connectivity index (χ1n) is 15.4. The largest absolute Gasteiger partial charge is 0.744 e. The molecule has 1 heterocycles. The standard InChI is InChI=1S/C37H36N2O6S2/c1-3-30(25-28-11-7-5-8-12-28)31-15-17-32(18-16-31)37(35-20-19-34(46(40,41)42)26-36(35)47(43,44)45)39-23-21-33(22-24-39)38(4-2)27-29-13-9-6-10-14-29/h5-24,26,30H,3-4,25,27H2,1-2H3. The van der Waals surface area contributed by atoms with E-state index in [1.165, 1.54) is 11.6 Å². The lowest BCUT2D eigenvalue weighted by Gasteiger charge is -2.18. The molecule has 0 fully saturated rings. The highest BCUT2D eigenvalue weighted by Crippen LogP contribution is 2.28. The molecular formula is C37H36N2O6S2. The summed E-state index contributed by atoms with van der Waals surface area (Å²) in [6.07, 6.45) is 9.10. The van der Waals surface area contributed by atoms with E-state index in [4.69, 9.17) is 0 Å². The summed E-state index contributed by atoms with van der Waals surface area (Å²) in [5.41, 5.74) is 5.32. The molecule has 0 aromatic heterocycles. The first-order chi connectivity index (χ1) is 22.5. The lowest BCUT2D eigenvalue weighted by molar-refractivity contribution is -0.539. The molecule has 1 atom stereocenters. The van der Waals surface area contributed by atoms with Crippen LogP contribution in [0.3, 0.4) is 0 Å². The predicted octanol–water partition coefficient (Wildman–Crippen LogP) is 5.80. The third-order valence-corrected chi connectivity index (χ3v) is 9.98. The zero-order valence-electron chi connectivity index (χ0n) is 26.2. The number of hydrogen-bond donors (Lipinski definition) is 0. The Bertz CT molecular complexity index is 2070. The topological polar surface area (TPSA) is 120 Å². The fourth-order valence-corrected chi connectivity index (χ4v) is 7.06. The van der Waals surface area contributed by atoms with E-state index < -0.39 is 30.0 Å². The minimum absolute atomic E-state index is 0.0224. The van der Waals surface area contributed by atoms with Crippen LogP contribution in [0.25, 0.3) is 0 Å². The van der Waals surface area contributed by atoms with Crippen molar-refractivity contribution in [1.82, 2.24) is 0 Å². The van der Waals surface area contributed by atoms with Crippen LogP contribution in [0.5, 0.6) is 0 Å². The summed E-state index contributed by atoms with van der Waals surface area (Å²) in [6.45, 7) is 5.61. The van der Waals surface area contributed by atoms with Gasteiger partial charge in [0.1, 0.15) is 26.8 Å². The summed E-state index contributed by atoms with van der Waals surface area (Å²) in [4.78, 5) is -1.59. The van der Waals surface area contributed by atoms with Crippen LogP contribution in [0.15, 0.2) is 137 Å². The predicted molar refractivity (Wildman–Crippen MR) is 180 cm³/mol. The van der Waals surface area contributed by atoms with E-state index in [0.29, 0.717) is 23.9 Å². The van der Waals surface area contributed by atoms with Gasteiger partial charge in [-0.3, -0.25) is 0 Å². The molecule has 4 aromatic rings. The van der Waals surface area contributed by atoms with Gasteiger partial charge >= 0.3 is 0 Å². The fraction of sp³-hybridized carbons (Fsp3) is 0.189. The van der Waals surface area contributed by atoms with Gasteiger partial charge in [-0.15, -0.1) is 0 Å². The molecule has 0 N–H and O–H groups in total. The van der Waals surface area contributed by atoms with Crippen molar-refractivity contribution in [2.24, 2.45) is 0 Å². The van der Waals surface area contributed by atoms with Crippen LogP contribution in [0.4, 0.5) is 0 Å². The quantitative estimate of drug-likeness (QED) is 0.147. The third-order valence-electron chi connectivity index (χ3n) is 8.27. The van der Waals surface area contributed by atoms with Gasteiger partial charge in [-0.1, -0.05) is 79.7 Å². The van der Waals surface area contributed by atoms with Crippen molar-refractivity contribution in [1.29, 1.82) is 0 Å². The molecule has 4 aromatic carbocycles. The van der Waals surface area contributed by atoms with E-state index in [-0.39, 0.29) is 11.5 Å². The highest BCUT2D eigenvalue weighted by Gasteiger charge is 2.27. The minimum Gasteiger partial charge on any atom is -0.744 e. The zero-order valence-corrected chi connectivity index (χ0v) is 27.8. The fourth-order valence-electron chi connectivity index (χ4n) is 5.78. The Kier molecular flexibility index (Phi) is 10.5. The maximum atomic E-state index is 12.5. The van der Waals surface area contributed by atoms with Gasteiger partial charge in [-0.05, 0) is 67.1 Å². The van der Waals surface area contributed by atoms with E-state index in [1.54, 1.807) is 17.0 Å². The van der Waals surface area contributed by atoms with Crippen molar-refractivity contribution in [2.45, 2.75) is 48.9 Å². The van der Waals surface area contributed by atoms with Crippen LogP contribution in [0.1, 0.15) is 54.0 Å². The Balaban J connectivity index is 1.63. The maximum Gasteiger partial charge on any atom is 0.226 e. The first kappa shape index (κ1) is 33.9. The van der Waals surface area contributed by atoms with Crippen LogP contribution >= 0.6 is 0 Å². The van der Waals surface area contributed by atoms with Gasteiger partial charge < -0.3 is 9.11 Å². The molecule has 10 heteroatoms. The SMILES string of the molecule is CCC(Cc1ccccc1)c1ccc(C(c2ccc(S(=O)(=O)[O-])cc2S(=O)(=O)[O-])=[N+]2C=CC(=[N+](CC)Cc3ccccc3)C=C2)cc1. The van der Waals surface area contributed by atoms with Crippen molar-refractivity contribution < 1.29 is 35.1 Å². The molecule has 0 saturated heterocycles. The number of rotatable bonds is 11. The van der Waals surface area contributed by atoms with Crippen LogP contribution < -0.4 is 0 Å². The summed E-state index contributed by atoms with van der Waals surface area (Å²) in [6, 6.07) is 30.9. The van der Waals surface area contributed by atoms with Crippen LogP contribution in [-0.4, -0.2) is 53.1 Å². The highest BCUT2D eigenvalue weighted by atomic mass is 32.2. The smallest absolute Gasteiger partial charge is 0.226 e. The molecule has 1 aliphatic heterocycles. The minimum atomic E-state index is -5.19. The number of allylic oxidation sites excluding steroid dienone is 2. The normalized spacial score (nSPS) is 13.9. The third kappa shape index (κ3) is 8.28. The molecule has 242 valence electrons. The van der Waals surface area contributed by atoms with Crippen molar-refractivity contribution in [3.63, 3.8) is 0 Å². The molecule has 0 saturated carbocycles. The Labute approximate surface area is 276 Å². The monoisotopic (exact) mass is 668 g/mol. The Morgan fingerprint density at radius 3 is 1.87 bits per heavy atom. The Morgan fingerprint density at radius 1 is 0.745 bits per heavy atom. The molecule has 0 amide bonds. The van der Waals surface area contributed by atoms with Crippen molar-refractivity contribution in [3.8, 4) is 0 Å². The molecular weight excluding hydrogens is 633 g/mol. The number of hydrogen-bond acceptors (Lipinski definition) is 6. The van der Waals surface area contributed by atoms with Crippen LogP contribution in [-0.2, 0) is 33.2 Å². The Hall–Kier alpha value is -4.48. The number of benzene rings is 4. The van der Waals surface area contributed by atoms with E-state index in [9.17, 15) is 25.9 Å². The second-order valence-electron chi connectivity index (χ2n) is 11.3. The second kappa shape index (κ2) is 14.5. The first-order valence-corrected chi connectivity index (χ1v) is 18.2. The summed E-state index contributed by atoms with van der Waals surface area (Å²) >= 11 is 0. The van der Waals surface area contributed by atoms with E-state index in [0.717, 1.165) is 42.3 Å². The molecule has 0 spiro atoms. The summed E-state index contributed by atoms with van der Waals surface area (Å²) in [7, 11) is -10.2. The molecule has 1 unspecified atom stereocenters. The van der Waals surface area contributed by atoms with Crippen molar-refractivity contribution in [3.05, 3.63) is 155 Å². The Morgan fingerprint density at radius 2 is 1.34 bits per heavy atom. The highest BCUT2D eigenvalue weighted by molar-refractivity contribution is 7.86. The van der Waals surface area contributed by atoms with Gasteiger partial charge in [0.05, 0.1) is 27.5 Å². The van der Waals surface area contributed by atoms with Gasteiger partial charge in [-0.25, -0.2) is 21.4 Å². The van der Waals surface area contributed by atoms with E-state index in [2.05, 4.69) is 42.7 Å². The average molecular weight is 669 g/mol. The van der Waals surface area contributed by atoms with E-state index >= 15 is 0 Å². The van der Waals surface area contributed by atoms with Gasteiger partial charge in [0, 0.05) is 11.1 Å². The lowest BCUT2D eigenvalue weighted by atomic mass is 9.88. The van der Waals surface area contributed by atoms with Gasteiger partial charge in [-0.2, -0.15) is 4.58 Å². The van der Waals surface area contributed by atoms with Crippen molar-refractivity contribution >= 4 is 31.7 Å². The molecule has 0 aliphatic carbocycles. The molecule has 1 aliphatic rings. The zero-order chi connectivity index (χ0) is 33.6. The molecule has 0 bridgehead atoms.